The van der Waals surface area contributed by atoms with E-state index >= 15 is 0 Å². The number of aryl methyl sites for hydroxylation is 1. The fraction of sp³-hybridized carbons (Fsp3) is 0.273. The van der Waals surface area contributed by atoms with E-state index in [1.807, 2.05) is 30.3 Å². The normalized spacial score (nSPS) is 10.1. The number of ether oxygens (including phenoxy) is 2. The fourth-order valence-corrected chi connectivity index (χ4v) is 3.48. The molecule has 2 amide bonds. The quantitative estimate of drug-likeness (QED) is 0.178. The van der Waals surface area contributed by atoms with Crippen LogP contribution in [0.5, 0.6) is 5.75 Å². The van der Waals surface area contributed by atoms with E-state index in [-0.39, 0.29) is 31.2 Å². The van der Waals surface area contributed by atoms with Crippen molar-refractivity contribution in [3.05, 3.63) is 63.6 Å². The number of esters is 1. The molecule has 2 rings (SSSR count). The minimum absolute atomic E-state index is 0.0735. The summed E-state index contributed by atoms with van der Waals surface area (Å²) in [6, 6.07) is 14.8. The van der Waals surface area contributed by atoms with Gasteiger partial charge in [0, 0.05) is 11.4 Å². The zero-order valence-electron chi connectivity index (χ0n) is 17.6. The third-order valence-corrected chi connectivity index (χ3v) is 5.15. The number of hydrazine groups is 1. The molecule has 0 aliphatic rings. The first-order valence-corrected chi connectivity index (χ1v) is 11.6. The largest absolute Gasteiger partial charge is 0.483 e. The van der Waals surface area contributed by atoms with Gasteiger partial charge in [-0.3, -0.25) is 25.2 Å². The lowest BCUT2D eigenvalue weighted by Gasteiger charge is -2.12. The second-order valence-electron chi connectivity index (χ2n) is 6.72. The van der Waals surface area contributed by atoms with Crippen LogP contribution in [-0.2, 0) is 25.5 Å². The van der Waals surface area contributed by atoms with Gasteiger partial charge in [-0.05, 0) is 64.8 Å². The number of hydrogen-bond donors (Lipinski definition) is 3. The maximum atomic E-state index is 11.9. The Hall–Kier alpha value is -2.69. The maximum absolute atomic E-state index is 11.9. The van der Waals surface area contributed by atoms with Gasteiger partial charge in [0.15, 0.2) is 11.7 Å². The second kappa shape index (κ2) is 14.5. The fourth-order valence-electron chi connectivity index (χ4n) is 2.51. The maximum Gasteiger partial charge on any atom is 0.306 e. The van der Waals surface area contributed by atoms with Crippen molar-refractivity contribution < 1.29 is 23.9 Å². The summed E-state index contributed by atoms with van der Waals surface area (Å²) in [5, 5.41) is 2.78. The van der Waals surface area contributed by atoms with Gasteiger partial charge in [-0.1, -0.05) is 41.9 Å². The highest BCUT2D eigenvalue weighted by molar-refractivity contribution is 9.10. The SMILES string of the molecule is O=C(COc1ccc(Cl)cc1Br)NNC(=S)NC(=O)CCC(=O)OCCCc1ccccc1. The van der Waals surface area contributed by atoms with Gasteiger partial charge in [-0.2, -0.15) is 0 Å². The van der Waals surface area contributed by atoms with Gasteiger partial charge in [0.05, 0.1) is 17.5 Å². The number of carbonyl (C=O) groups excluding carboxylic acids is 3. The molecule has 0 aliphatic carbocycles. The van der Waals surface area contributed by atoms with Crippen LogP contribution in [0.15, 0.2) is 53.0 Å². The predicted octanol–water partition coefficient (Wildman–Crippen LogP) is 3.46. The number of benzene rings is 2. The van der Waals surface area contributed by atoms with Crippen molar-refractivity contribution in [3.63, 3.8) is 0 Å². The molecule has 2 aromatic carbocycles. The summed E-state index contributed by atoms with van der Waals surface area (Å²) in [6.45, 7) is -0.00405. The van der Waals surface area contributed by atoms with Crippen LogP contribution in [0.4, 0.5) is 0 Å². The standard InChI is InChI=1S/C22H23BrClN3O5S/c23-17-13-16(24)8-9-18(17)32-14-20(29)26-27-22(33)25-19(28)10-11-21(30)31-12-4-7-15-5-2-1-3-6-15/h1-3,5-6,8-9,13H,4,7,10-12,14H2,(H,26,29)(H2,25,27,28,33). The number of rotatable bonds is 10. The molecule has 0 heterocycles. The van der Waals surface area contributed by atoms with E-state index in [4.69, 9.17) is 33.3 Å². The van der Waals surface area contributed by atoms with Crippen LogP contribution in [0, 0.1) is 0 Å². The Morgan fingerprint density at radius 2 is 1.76 bits per heavy atom. The molecule has 3 N–H and O–H groups in total. The van der Waals surface area contributed by atoms with Gasteiger partial charge in [0.1, 0.15) is 5.75 Å². The first kappa shape index (κ1) is 26.6. The highest BCUT2D eigenvalue weighted by Gasteiger charge is 2.11. The van der Waals surface area contributed by atoms with Crippen LogP contribution in [0.2, 0.25) is 5.02 Å². The molecule has 2 aromatic rings. The molecule has 0 atom stereocenters. The number of carbonyl (C=O) groups is 3. The molecule has 11 heteroatoms. The summed E-state index contributed by atoms with van der Waals surface area (Å²) >= 11 is 14.1. The van der Waals surface area contributed by atoms with Gasteiger partial charge in [-0.25, -0.2) is 0 Å². The van der Waals surface area contributed by atoms with Crippen LogP contribution in [0.3, 0.4) is 0 Å². The lowest BCUT2D eigenvalue weighted by molar-refractivity contribution is -0.145. The molecule has 0 unspecified atom stereocenters. The van der Waals surface area contributed by atoms with Crippen molar-refractivity contribution >= 4 is 62.6 Å². The van der Waals surface area contributed by atoms with Crippen molar-refractivity contribution in [1.29, 1.82) is 0 Å². The number of halogens is 2. The average Bonchev–Trinajstić information content (AvgIpc) is 2.79. The van der Waals surface area contributed by atoms with E-state index in [1.54, 1.807) is 18.2 Å². The predicted molar refractivity (Wildman–Crippen MR) is 132 cm³/mol. The third-order valence-electron chi connectivity index (χ3n) is 4.09. The summed E-state index contributed by atoms with van der Waals surface area (Å²) in [4.78, 5) is 35.5. The van der Waals surface area contributed by atoms with Crippen molar-refractivity contribution in [2.75, 3.05) is 13.2 Å². The van der Waals surface area contributed by atoms with Crippen molar-refractivity contribution in [1.82, 2.24) is 16.2 Å². The molecule has 0 aliphatic heterocycles. The van der Waals surface area contributed by atoms with E-state index in [9.17, 15) is 14.4 Å². The molecule has 0 bridgehead atoms. The van der Waals surface area contributed by atoms with Gasteiger partial charge in [0.25, 0.3) is 5.91 Å². The first-order valence-electron chi connectivity index (χ1n) is 9.99. The molecule has 0 saturated carbocycles. The van der Waals surface area contributed by atoms with Gasteiger partial charge >= 0.3 is 5.97 Å². The Morgan fingerprint density at radius 1 is 1.00 bits per heavy atom. The summed E-state index contributed by atoms with van der Waals surface area (Å²) in [7, 11) is 0. The van der Waals surface area contributed by atoms with Crippen LogP contribution >= 0.6 is 39.7 Å². The molecule has 0 saturated heterocycles. The Kier molecular flexibility index (Phi) is 11.6. The minimum Gasteiger partial charge on any atom is -0.483 e. The smallest absolute Gasteiger partial charge is 0.306 e. The zero-order valence-corrected chi connectivity index (χ0v) is 20.7. The van der Waals surface area contributed by atoms with E-state index in [0.717, 1.165) is 6.42 Å². The van der Waals surface area contributed by atoms with E-state index in [0.29, 0.717) is 21.7 Å². The number of amides is 2. The number of hydrogen-bond acceptors (Lipinski definition) is 6. The van der Waals surface area contributed by atoms with E-state index < -0.39 is 17.8 Å². The molecular formula is C22H23BrClN3O5S. The summed E-state index contributed by atoms with van der Waals surface area (Å²) < 4.78 is 11.1. The molecule has 0 spiro atoms. The van der Waals surface area contributed by atoms with Crippen LogP contribution < -0.4 is 20.9 Å². The molecule has 176 valence electrons. The first-order chi connectivity index (χ1) is 15.8. The van der Waals surface area contributed by atoms with Crippen LogP contribution in [0.1, 0.15) is 24.8 Å². The summed E-state index contributed by atoms with van der Waals surface area (Å²) in [5.74, 6) is -1.02. The van der Waals surface area contributed by atoms with Gasteiger partial charge < -0.3 is 14.8 Å². The highest BCUT2D eigenvalue weighted by atomic mass is 79.9. The Morgan fingerprint density at radius 3 is 2.48 bits per heavy atom. The van der Waals surface area contributed by atoms with Crippen LogP contribution in [0.25, 0.3) is 0 Å². The minimum atomic E-state index is -0.521. The van der Waals surface area contributed by atoms with Crippen molar-refractivity contribution in [2.24, 2.45) is 0 Å². The number of thiocarbonyl (C=S) groups is 1. The topological polar surface area (TPSA) is 106 Å². The molecule has 8 nitrogen and oxygen atoms in total. The third kappa shape index (κ3) is 11.1. The molecule has 0 aromatic heterocycles. The highest BCUT2D eigenvalue weighted by Crippen LogP contribution is 2.27. The van der Waals surface area contributed by atoms with E-state index in [1.165, 1.54) is 5.56 Å². The summed E-state index contributed by atoms with van der Waals surface area (Å²) in [6.07, 6.45) is 1.34. The van der Waals surface area contributed by atoms with Gasteiger partial charge in [-0.15, -0.1) is 0 Å². The lowest BCUT2D eigenvalue weighted by atomic mass is 10.1. The zero-order chi connectivity index (χ0) is 24.1. The lowest BCUT2D eigenvalue weighted by Crippen LogP contribution is -2.49. The monoisotopic (exact) mass is 555 g/mol. The molecule has 0 radical (unpaired) electrons. The van der Waals surface area contributed by atoms with E-state index in [2.05, 4.69) is 32.1 Å². The Balaban J connectivity index is 1.54. The Labute approximate surface area is 210 Å². The second-order valence-corrected chi connectivity index (χ2v) is 8.42. The van der Waals surface area contributed by atoms with Crippen molar-refractivity contribution in [2.45, 2.75) is 25.7 Å². The Bertz CT molecular complexity index is 978. The van der Waals surface area contributed by atoms with Crippen LogP contribution in [-0.4, -0.2) is 36.1 Å². The molecule has 33 heavy (non-hydrogen) atoms. The average molecular weight is 557 g/mol. The number of nitrogens with one attached hydrogen (secondary N) is 3. The summed E-state index contributed by atoms with van der Waals surface area (Å²) in [5.41, 5.74) is 5.86. The van der Waals surface area contributed by atoms with Gasteiger partial charge in [0.2, 0.25) is 5.91 Å². The molecular weight excluding hydrogens is 534 g/mol. The molecule has 0 fully saturated rings. The van der Waals surface area contributed by atoms with Crippen molar-refractivity contribution in [3.8, 4) is 5.75 Å².